The van der Waals surface area contributed by atoms with E-state index in [1.54, 1.807) is 45.0 Å². The van der Waals surface area contributed by atoms with Crippen molar-refractivity contribution >= 4 is 11.9 Å². The van der Waals surface area contributed by atoms with Crippen LogP contribution in [-0.2, 0) is 23.8 Å². The lowest BCUT2D eigenvalue weighted by Gasteiger charge is -2.40. The molecule has 1 saturated heterocycles. The van der Waals surface area contributed by atoms with Gasteiger partial charge >= 0.3 is 11.9 Å². The minimum atomic E-state index is -0.879. The SMILES string of the molecule is C=C(C)C(=O)OCC1CC(CC(=O)Oc2ccccc2)OC(C)(C)O1. The molecule has 0 spiro atoms. The summed E-state index contributed by atoms with van der Waals surface area (Å²) in [5.41, 5.74) is 0.328. The molecule has 0 radical (unpaired) electrons. The van der Waals surface area contributed by atoms with Crippen molar-refractivity contribution in [1.29, 1.82) is 0 Å². The van der Waals surface area contributed by atoms with Crippen LogP contribution in [0.5, 0.6) is 5.75 Å². The van der Waals surface area contributed by atoms with Crippen LogP contribution in [0, 0.1) is 0 Å². The Morgan fingerprint density at radius 3 is 2.48 bits per heavy atom. The van der Waals surface area contributed by atoms with E-state index in [9.17, 15) is 9.59 Å². The van der Waals surface area contributed by atoms with Crippen molar-refractivity contribution < 1.29 is 28.5 Å². The average Bonchev–Trinajstić information content (AvgIpc) is 2.51. The van der Waals surface area contributed by atoms with E-state index in [4.69, 9.17) is 18.9 Å². The molecule has 0 bridgehead atoms. The highest BCUT2D eigenvalue weighted by atomic mass is 16.7. The van der Waals surface area contributed by atoms with E-state index in [-0.39, 0.29) is 31.2 Å². The zero-order valence-electron chi connectivity index (χ0n) is 14.8. The monoisotopic (exact) mass is 348 g/mol. The standard InChI is InChI=1S/C19H24O6/c1-13(2)18(21)22-12-16-10-15(24-19(3,4)25-16)11-17(20)23-14-8-6-5-7-9-14/h5-9,15-16H,1,10-12H2,2-4H3. The molecule has 6 heteroatoms. The van der Waals surface area contributed by atoms with Crippen LogP contribution in [-0.4, -0.2) is 36.5 Å². The number of para-hydroxylation sites is 1. The second-order valence-corrected chi connectivity index (χ2v) is 6.49. The first-order chi connectivity index (χ1) is 11.7. The molecule has 1 fully saturated rings. The van der Waals surface area contributed by atoms with Crippen LogP contribution in [0.3, 0.4) is 0 Å². The summed E-state index contributed by atoms with van der Waals surface area (Å²) in [6, 6.07) is 8.86. The van der Waals surface area contributed by atoms with Crippen molar-refractivity contribution in [3.63, 3.8) is 0 Å². The van der Waals surface area contributed by atoms with Crippen LogP contribution in [0.25, 0.3) is 0 Å². The highest BCUT2D eigenvalue weighted by Crippen LogP contribution is 2.29. The van der Waals surface area contributed by atoms with Gasteiger partial charge in [-0.2, -0.15) is 0 Å². The molecule has 1 aromatic rings. The molecule has 2 unspecified atom stereocenters. The van der Waals surface area contributed by atoms with Crippen LogP contribution >= 0.6 is 0 Å². The minimum Gasteiger partial charge on any atom is -0.460 e. The van der Waals surface area contributed by atoms with Crippen molar-refractivity contribution in [1.82, 2.24) is 0 Å². The summed E-state index contributed by atoms with van der Waals surface area (Å²) in [7, 11) is 0. The maximum Gasteiger partial charge on any atom is 0.333 e. The van der Waals surface area contributed by atoms with Crippen molar-refractivity contribution in [2.24, 2.45) is 0 Å². The van der Waals surface area contributed by atoms with Crippen LogP contribution in [0.1, 0.15) is 33.6 Å². The number of rotatable bonds is 6. The van der Waals surface area contributed by atoms with Crippen LogP contribution in [0.4, 0.5) is 0 Å². The molecule has 2 rings (SSSR count). The van der Waals surface area contributed by atoms with Crippen molar-refractivity contribution in [3.8, 4) is 5.75 Å². The Bertz CT molecular complexity index is 622. The molecule has 1 aliphatic rings. The van der Waals surface area contributed by atoms with Crippen molar-refractivity contribution in [2.75, 3.05) is 6.61 Å². The Balaban J connectivity index is 1.89. The van der Waals surface area contributed by atoms with E-state index < -0.39 is 11.8 Å². The van der Waals surface area contributed by atoms with Crippen molar-refractivity contribution in [3.05, 3.63) is 42.5 Å². The highest BCUT2D eigenvalue weighted by Gasteiger charge is 2.37. The lowest BCUT2D eigenvalue weighted by atomic mass is 10.1. The number of hydrogen-bond acceptors (Lipinski definition) is 6. The predicted octanol–water partition coefficient (Wildman–Crippen LogP) is 3.01. The summed E-state index contributed by atoms with van der Waals surface area (Å²) in [6.45, 7) is 8.73. The maximum atomic E-state index is 12.1. The fourth-order valence-corrected chi connectivity index (χ4v) is 2.59. The number of carbonyl (C=O) groups is 2. The minimum absolute atomic E-state index is 0.0860. The summed E-state index contributed by atoms with van der Waals surface area (Å²) in [4.78, 5) is 23.6. The third kappa shape index (κ3) is 6.32. The fraction of sp³-hybridized carbons (Fsp3) is 0.474. The molecule has 1 aromatic carbocycles. The smallest absolute Gasteiger partial charge is 0.333 e. The Morgan fingerprint density at radius 2 is 1.84 bits per heavy atom. The second kappa shape index (κ2) is 8.27. The zero-order valence-corrected chi connectivity index (χ0v) is 14.8. The molecule has 2 atom stereocenters. The molecular weight excluding hydrogens is 324 g/mol. The number of carbonyl (C=O) groups excluding carboxylic acids is 2. The summed E-state index contributed by atoms with van der Waals surface area (Å²) >= 11 is 0. The van der Waals surface area contributed by atoms with Gasteiger partial charge in [-0.25, -0.2) is 4.79 Å². The van der Waals surface area contributed by atoms with Gasteiger partial charge in [0.05, 0.1) is 18.6 Å². The Kier molecular flexibility index (Phi) is 6.33. The normalized spacial score (nSPS) is 22.0. The molecule has 25 heavy (non-hydrogen) atoms. The lowest BCUT2D eigenvalue weighted by Crippen LogP contribution is -2.47. The van der Waals surface area contributed by atoms with Crippen LogP contribution in [0.2, 0.25) is 0 Å². The Morgan fingerprint density at radius 1 is 1.20 bits per heavy atom. The molecule has 136 valence electrons. The predicted molar refractivity (Wildman–Crippen MR) is 90.9 cm³/mol. The highest BCUT2D eigenvalue weighted by molar-refractivity contribution is 5.86. The fourth-order valence-electron chi connectivity index (χ4n) is 2.59. The van der Waals surface area contributed by atoms with E-state index in [1.165, 1.54) is 0 Å². The molecule has 1 aliphatic heterocycles. The van der Waals surface area contributed by atoms with E-state index in [2.05, 4.69) is 6.58 Å². The van der Waals surface area contributed by atoms with E-state index in [0.29, 0.717) is 17.7 Å². The first-order valence-corrected chi connectivity index (χ1v) is 8.19. The van der Waals surface area contributed by atoms with Gasteiger partial charge in [0.2, 0.25) is 0 Å². The number of ether oxygens (including phenoxy) is 4. The van der Waals surface area contributed by atoms with Gasteiger partial charge in [0, 0.05) is 12.0 Å². The Labute approximate surface area is 147 Å². The van der Waals surface area contributed by atoms with Gasteiger partial charge in [-0.15, -0.1) is 0 Å². The molecule has 0 aromatic heterocycles. The molecule has 1 heterocycles. The van der Waals surface area contributed by atoms with Gasteiger partial charge in [0.25, 0.3) is 0 Å². The zero-order chi connectivity index (χ0) is 18.4. The van der Waals surface area contributed by atoms with Gasteiger partial charge in [-0.1, -0.05) is 24.8 Å². The van der Waals surface area contributed by atoms with Gasteiger partial charge in [-0.05, 0) is 32.9 Å². The van der Waals surface area contributed by atoms with Crippen LogP contribution < -0.4 is 4.74 Å². The number of benzene rings is 1. The quantitative estimate of drug-likeness (QED) is 0.447. The Hall–Kier alpha value is -2.18. The summed E-state index contributed by atoms with van der Waals surface area (Å²) in [5, 5.41) is 0. The van der Waals surface area contributed by atoms with Gasteiger partial charge < -0.3 is 18.9 Å². The third-order valence-electron chi connectivity index (χ3n) is 3.54. The average molecular weight is 348 g/mol. The van der Waals surface area contributed by atoms with Gasteiger partial charge in [0.1, 0.15) is 12.4 Å². The van der Waals surface area contributed by atoms with Gasteiger partial charge in [-0.3, -0.25) is 4.79 Å². The molecular formula is C19H24O6. The number of hydrogen-bond donors (Lipinski definition) is 0. The first kappa shape index (κ1) is 19.1. The first-order valence-electron chi connectivity index (χ1n) is 8.19. The second-order valence-electron chi connectivity index (χ2n) is 6.49. The third-order valence-corrected chi connectivity index (χ3v) is 3.54. The topological polar surface area (TPSA) is 71.1 Å². The summed E-state index contributed by atoms with van der Waals surface area (Å²) in [6.07, 6.45) is -0.223. The van der Waals surface area contributed by atoms with Gasteiger partial charge in [0.15, 0.2) is 5.79 Å². The molecule has 0 amide bonds. The molecule has 0 aliphatic carbocycles. The molecule has 0 saturated carbocycles. The summed E-state index contributed by atoms with van der Waals surface area (Å²) < 4.78 is 22.0. The number of esters is 2. The van der Waals surface area contributed by atoms with E-state index >= 15 is 0 Å². The molecule has 6 nitrogen and oxygen atoms in total. The van der Waals surface area contributed by atoms with E-state index in [1.807, 2.05) is 6.07 Å². The van der Waals surface area contributed by atoms with Crippen molar-refractivity contribution in [2.45, 2.75) is 51.6 Å². The van der Waals surface area contributed by atoms with Crippen LogP contribution in [0.15, 0.2) is 42.5 Å². The molecule has 0 N–H and O–H groups in total. The largest absolute Gasteiger partial charge is 0.460 e. The van der Waals surface area contributed by atoms with E-state index in [0.717, 1.165) is 0 Å². The lowest BCUT2D eigenvalue weighted by molar-refractivity contribution is -0.304. The summed E-state index contributed by atoms with van der Waals surface area (Å²) in [5.74, 6) is -1.23. The maximum absolute atomic E-state index is 12.1.